The molecular weight excluding hydrogens is 510 g/mol. The van der Waals surface area contributed by atoms with Crippen LogP contribution in [0.5, 0.6) is 0 Å². The van der Waals surface area contributed by atoms with E-state index in [1.54, 1.807) is 0 Å². The van der Waals surface area contributed by atoms with Crippen LogP contribution in [0.4, 0.5) is 17.1 Å². The van der Waals surface area contributed by atoms with Crippen LogP contribution in [0, 0.1) is 0 Å². The van der Waals surface area contributed by atoms with E-state index < -0.39 is 0 Å². The molecule has 42 heavy (non-hydrogen) atoms. The predicted octanol–water partition coefficient (Wildman–Crippen LogP) is 11.7. The van der Waals surface area contributed by atoms with E-state index in [-0.39, 0.29) is 0 Å². The van der Waals surface area contributed by atoms with Crippen LogP contribution >= 0.6 is 0 Å². The number of benzene rings is 8. The molecule has 1 aromatic heterocycles. The Labute approximate surface area is 242 Å². The van der Waals surface area contributed by atoms with E-state index in [1.807, 2.05) is 12.1 Å². The number of para-hydroxylation sites is 2. The second-order valence-electron chi connectivity index (χ2n) is 10.9. The van der Waals surface area contributed by atoms with Gasteiger partial charge in [0.25, 0.3) is 0 Å². The summed E-state index contributed by atoms with van der Waals surface area (Å²) in [7, 11) is 0. The maximum atomic E-state index is 6.34. The predicted molar refractivity (Wildman–Crippen MR) is 178 cm³/mol. The highest BCUT2D eigenvalue weighted by Gasteiger charge is 2.19. The zero-order valence-electron chi connectivity index (χ0n) is 22.8. The first kappa shape index (κ1) is 23.1. The first-order chi connectivity index (χ1) is 20.8. The van der Waals surface area contributed by atoms with Gasteiger partial charge < -0.3 is 9.32 Å². The Morgan fingerprint density at radius 1 is 0.357 bits per heavy atom. The third kappa shape index (κ3) is 3.39. The van der Waals surface area contributed by atoms with Crippen molar-refractivity contribution in [1.29, 1.82) is 0 Å². The van der Waals surface area contributed by atoms with Crippen LogP contribution in [-0.4, -0.2) is 0 Å². The lowest BCUT2D eigenvalue weighted by Gasteiger charge is -2.27. The van der Waals surface area contributed by atoms with Crippen LogP contribution in [0.2, 0.25) is 0 Å². The van der Waals surface area contributed by atoms with E-state index in [0.29, 0.717) is 0 Å². The number of fused-ring (bicyclic) bond motifs is 10. The molecule has 0 unspecified atom stereocenters. The summed E-state index contributed by atoms with van der Waals surface area (Å²) in [5.74, 6) is 0. The van der Waals surface area contributed by atoms with E-state index in [4.69, 9.17) is 4.42 Å². The van der Waals surface area contributed by atoms with E-state index in [0.717, 1.165) is 39.0 Å². The van der Waals surface area contributed by atoms with Gasteiger partial charge >= 0.3 is 0 Å². The van der Waals surface area contributed by atoms with Gasteiger partial charge in [0.1, 0.15) is 11.2 Å². The lowest BCUT2D eigenvalue weighted by molar-refractivity contribution is 0.669. The Bertz CT molecular complexity index is 2470. The molecule has 9 rings (SSSR count). The lowest BCUT2D eigenvalue weighted by atomic mass is 9.92. The summed E-state index contributed by atoms with van der Waals surface area (Å²) in [6, 6.07) is 54.4. The van der Waals surface area contributed by atoms with Crippen molar-refractivity contribution in [2.75, 3.05) is 4.90 Å². The Hall–Kier alpha value is -5.60. The monoisotopic (exact) mass is 535 g/mol. The quantitative estimate of drug-likeness (QED) is 0.209. The van der Waals surface area contributed by atoms with E-state index in [1.165, 1.54) is 43.1 Å². The topological polar surface area (TPSA) is 16.4 Å². The van der Waals surface area contributed by atoms with Crippen molar-refractivity contribution < 1.29 is 4.42 Å². The molecule has 0 saturated heterocycles. The number of anilines is 3. The van der Waals surface area contributed by atoms with Crippen molar-refractivity contribution in [3.05, 3.63) is 152 Å². The van der Waals surface area contributed by atoms with Gasteiger partial charge in [-0.15, -0.1) is 0 Å². The molecule has 0 N–H and O–H groups in total. The zero-order chi connectivity index (χ0) is 27.6. The fraction of sp³-hybridized carbons (Fsp3) is 0. The van der Waals surface area contributed by atoms with Gasteiger partial charge in [-0.2, -0.15) is 0 Å². The van der Waals surface area contributed by atoms with Gasteiger partial charge in [-0.25, -0.2) is 0 Å². The molecule has 2 heteroatoms. The Balaban J connectivity index is 1.39. The SMILES string of the molecule is c1ccc(N(c2ccc3c(c2)oc2ccccc23)c2cccc3ccc4ccc5c6ccccc6ccc5c4c23)cc1. The van der Waals surface area contributed by atoms with Crippen LogP contribution in [0.15, 0.2) is 156 Å². The molecule has 196 valence electrons. The minimum atomic E-state index is 0.886. The van der Waals surface area contributed by atoms with E-state index in [2.05, 4.69) is 144 Å². The molecule has 9 aromatic rings. The maximum Gasteiger partial charge on any atom is 0.137 e. The van der Waals surface area contributed by atoms with Crippen molar-refractivity contribution in [2.24, 2.45) is 0 Å². The van der Waals surface area contributed by atoms with Crippen LogP contribution in [-0.2, 0) is 0 Å². The van der Waals surface area contributed by atoms with Gasteiger partial charge in [-0.3, -0.25) is 0 Å². The van der Waals surface area contributed by atoms with Gasteiger partial charge in [0.2, 0.25) is 0 Å². The summed E-state index contributed by atoms with van der Waals surface area (Å²) in [4.78, 5) is 2.37. The molecule has 1 heterocycles. The van der Waals surface area contributed by atoms with E-state index >= 15 is 0 Å². The summed E-state index contributed by atoms with van der Waals surface area (Å²) in [6.45, 7) is 0. The van der Waals surface area contributed by atoms with Crippen LogP contribution in [0.25, 0.3) is 65.0 Å². The summed E-state index contributed by atoms with van der Waals surface area (Å²) >= 11 is 0. The molecule has 0 radical (unpaired) electrons. The van der Waals surface area contributed by atoms with Crippen molar-refractivity contribution in [2.45, 2.75) is 0 Å². The molecule has 0 spiro atoms. The van der Waals surface area contributed by atoms with Crippen molar-refractivity contribution in [1.82, 2.24) is 0 Å². The average molecular weight is 536 g/mol. The molecular formula is C40H25NO. The fourth-order valence-corrected chi connectivity index (χ4v) is 6.72. The second-order valence-corrected chi connectivity index (χ2v) is 10.9. The molecule has 0 atom stereocenters. The van der Waals surface area contributed by atoms with Crippen LogP contribution < -0.4 is 4.90 Å². The highest BCUT2D eigenvalue weighted by atomic mass is 16.3. The molecule has 0 aliphatic rings. The number of nitrogens with zero attached hydrogens (tertiary/aromatic N) is 1. The fourth-order valence-electron chi connectivity index (χ4n) is 6.72. The molecule has 0 saturated carbocycles. The van der Waals surface area contributed by atoms with Gasteiger partial charge in [-0.1, -0.05) is 109 Å². The molecule has 0 aliphatic heterocycles. The first-order valence-electron chi connectivity index (χ1n) is 14.4. The minimum Gasteiger partial charge on any atom is -0.456 e. The smallest absolute Gasteiger partial charge is 0.137 e. The summed E-state index contributed by atoms with van der Waals surface area (Å²) in [5, 5.41) is 12.3. The van der Waals surface area contributed by atoms with Crippen molar-refractivity contribution in [3.8, 4) is 0 Å². The summed E-state index contributed by atoms with van der Waals surface area (Å²) < 4.78 is 6.34. The molecule has 0 fully saturated rings. The minimum absolute atomic E-state index is 0.886. The van der Waals surface area contributed by atoms with Crippen molar-refractivity contribution in [3.63, 3.8) is 0 Å². The average Bonchev–Trinajstić information content (AvgIpc) is 3.43. The third-order valence-corrected chi connectivity index (χ3v) is 8.60. The Morgan fingerprint density at radius 2 is 1.00 bits per heavy atom. The highest BCUT2D eigenvalue weighted by Crippen LogP contribution is 2.45. The third-order valence-electron chi connectivity index (χ3n) is 8.60. The lowest BCUT2D eigenvalue weighted by Crippen LogP contribution is -2.10. The molecule has 2 nitrogen and oxygen atoms in total. The summed E-state index contributed by atoms with van der Waals surface area (Å²) in [5.41, 5.74) is 5.09. The largest absolute Gasteiger partial charge is 0.456 e. The van der Waals surface area contributed by atoms with E-state index in [9.17, 15) is 0 Å². The van der Waals surface area contributed by atoms with Crippen molar-refractivity contribution >= 4 is 82.1 Å². The molecule has 0 bridgehead atoms. The maximum absolute atomic E-state index is 6.34. The molecule has 0 amide bonds. The normalized spacial score (nSPS) is 11.8. The Morgan fingerprint density at radius 3 is 1.90 bits per heavy atom. The number of furan rings is 1. The number of hydrogen-bond donors (Lipinski definition) is 0. The Kier molecular flexibility index (Phi) is 4.93. The molecule has 0 aliphatic carbocycles. The standard InChI is InChI=1S/C40H25NO/c1-2-11-29(12-3-1)41(30-21-24-34-33-14-6-7-16-37(33)42-38(34)25-30)36-15-8-10-27-17-18-28-20-22-32-31-13-5-4-9-26(31)19-23-35(32)39(28)40(27)36/h1-25H. The molecule has 8 aromatic carbocycles. The van der Waals surface area contributed by atoms with Gasteiger partial charge in [0.05, 0.1) is 5.69 Å². The summed E-state index contributed by atoms with van der Waals surface area (Å²) in [6.07, 6.45) is 0. The second kappa shape index (κ2) is 8.95. The number of rotatable bonds is 3. The number of hydrogen-bond acceptors (Lipinski definition) is 2. The van der Waals surface area contributed by atoms with Crippen LogP contribution in [0.1, 0.15) is 0 Å². The van der Waals surface area contributed by atoms with Crippen LogP contribution in [0.3, 0.4) is 0 Å². The zero-order valence-corrected chi connectivity index (χ0v) is 22.8. The van der Waals surface area contributed by atoms with Gasteiger partial charge in [0, 0.05) is 33.6 Å². The van der Waals surface area contributed by atoms with Gasteiger partial charge in [0.15, 0.2) is 0 Å². The first-order valence-corrected chi connectivity index (χ1v) is 14.4. The van der Waals surface area contributed by atoms with Gasteiger partial charge in [-0.05, 0) is 74.1 Å². The highest BCUT2D eigenvalue weighted by molar-refractivity contribution is 6.27.